The van der Waals surface area contributed by atoms with Crippen molar-refractivity contribution in [2.24, 2.45) is 0 Å². The van der Waals surface area contributed by atoms with Gasteiger partial charge in [0.25, 0.3) is 0 Å². The van der Waals surface area contributed by atoms with E-state index in [1.807, 2.05) is 12.1 Å². The second-order valence-corrected chi connectivity index (χ2v) is 6.26. The Balaban J connectivity index is 1.78. The molecule has 2 aromatic carbocycles. The molecule has 2 N–H and O–H groups in total. The molecule has 0 saturated carbocycles. The fraction of sp³-hybridized carbons (Fsp3) is 0.200. The lowest BCUT2D eigenvalue weighted by molar-refractivity contribution is 1.11. The molecule has 0 radical (unpaired) electrons. The van der Waals surface area contributed by atoms with E-state index >= 15 is 0 Å². The molecule has 1 aliphatic heterocycles. The number of fused-ring (bicyclic) bond motifs is 1. The fourth-order valence-corrected chi connectivity index (χ4v) is 3.30. The van der Waals surface area contributed by atoms with Gasteiger partial charge >= 0.3 is 0 Å². The summed E-state index contributed by atoms with van der Waals surface area (Å²) in [6, 6.07) is 12.5. The van der Waals surface area contributed by atoms with E-state index in [9.17, 15) is 0 Å². The Bertz CT molecular complexity index is 613. The SMILES string of the molecule is Clc1cc(I)ccc1NCc1cccc2c1NCC2. The van der Waals surface area contributed by atoms with Gasteiger partial charge in [-0.3, -0.25) is 0 Å². The maximum atomic E-state index is 6.23. The Morgan fingerprint density at radius 2 is 2.16 bits per heavy atom. The molecule has 0 aliphatic carbocycles. The third-order valence-electron chi connectivity index (χ3n) is 3.33. The number of halogens is 2. The van der Waals surface area contributed by atoms with Crippen LogP contribution in [0.15, 0.2) is 36.4 Å². The highest BCUT2D eigenvalue weighted by Gasteiger charge is 2.13. The van der Waals surface area contributed by atoms with Crippen LogP contribution in [0.2, 0.25) is 5.02 Å². The maximum Gasteiger partial charge on any atom is 0.0648 e. The molecule has 0 saturated heterocycles. The molecule has 1 heterocycles. The molecule has 0 atom stereocenters. The molecule has 1 aliphatic rings. The molecule has 0 unspecified atom stereocenters. The normalized spacial score (nSPS) is 12.9. The minimum atomic E-state index is 0.771. The van der Waals surface area contributed by atoms with Gasteiger partial charge in [-0.2, -0.15) is 0 Å². The zero-order valence-corrected chi connectivity index (χ0v) is 13.3. The van der Waals surface area contributed by atoms with Crippen molar-refractivity contribution in [3.63, 3.8) is 0 Å². The Morgan fingerprint density at radius 1 is 1.26 bits per heavy atom. The van der Waals surface area contributed by atoms with Gasteiger partial charge in [0.2, 0.25) is 0 Å². The van der Waals surface area contributed by atoms with Crippen molar-refractivity contribution in [2.45, 2.75) is 13.0 Å². The first-order valence-electron chi connectivity index (χ1n) is 6.27. The summed E-state index contributed by atoms with van der Waals surface area (Å²) in [5.74, 6) is 0. The zero-order chi connectivity index (χ0) is 13.2. The van der Waals surface area contributed by atoms with E-state index in [1.165, 1.54) is 16.8 Å². The summed E-state index contributed by atoms with van der Waals surface area (Å²) >= 11 is 8.49. The van der Waals surface area contributed by atoms with Crippen LogP contribution in [0.5, 0.6) is 0 Å². The van der Waals surface area contributed by atoms with E-state index in [0.717, 1.165) is 33.8 Å². The van der Waals surface area contributed by atoms with Crippen molar-refractivity contribution in [3.8, 4) is 0 Å². The van der Waals surface area contributed by atoms with E-state index < -0.39 is 0 Å². The van der Waals surface area contributed by atoms with Gasteiger partial charge in [0.1, 0.15) is 0 Å². The third-order valence-corrected chi connectivity index (χ3v) is 4.32. The van der Waals surface area contributed by atoms with Crippen molar-refractivity contribution in [3.05, 3.63) is 56.1 Å². The second-order valence-electron chi connectivity index (χ2n) is 4.61. The van der Waals surface area contributed by atoms with Crippen LogP contribution in [0.3, 0.4) is 0 Å². The van der Waals surface area contributed by atoms with E-state index in [2.05, 4.69) is 57.5 Å². The van der Waals surface area contributed by atoms with Crippen LogP contribution >= 0.6 is 34.2 Å². The number of nitrogens with one attached hydrogen (secondary N) is 2. The van der Waals surface area contributed by atoms with Crippen molar-refractivity contribution in [1.82, 2.24) is 0 Å². The van der Waals surface area contributed by atoms with Gasteiger partial charge in [-0.1, -0.05) is 29.8 Å². The lowest BCUT2D eigenvalue weighted by atomic mass is 10.1. The summed E-state index contributed by atoms with van der Waals surface area (Å²) in [6.07, 6.45) is 1.12. The molecular formula is C15H14ClIN2. The van der Waals surface area contributed by atoms with Crippen molar-refractivity contribution >= 4 is 45.6 Å². The first-order valence-corrected chi connectivity index (χ1v) is 7.73. The quantitative estimate of drug-likeness (QED) is 0.760. The Morgan fingerprint density at radius 3 is 3.00 bits per heavy atom. The molecular weight excluding hydrogens is 371 g/mol. The predicted octanol–water partition coefficient (Wildman–Crippen LogP) is 4.52. The smallest absolute Gasteiger partial charge is 0.0648 e. The minimum absolute atomic E-state index is 0.771. The Hall–Kier alpha value is -0.940. The average Bonchev–Trinajstić information content (AvgIpc) is 2.86. The number of para-hydroxylation sites is 1. The van der Waals surface area contributed by atoms with Gasteiger partial charge in [0.05, 0.1) is 10.7 Å². The van der Waals surface area contributed by atoms with Crippen LogP contribution in [-0.2, 0) is 13.0 Å². The highest BCUT2D eigenvalue weighted by Crippen LogP contribution is 2.28. The minimum Gasteiger partial charge on any atom is -0.384 e. The van der Waals surface area contributed by atoms with Gasteiger partial charge in [-0.25, -0.2) is 0 Å². The zero-order valence-electron chi connectivity index (χ0n) is 10.3. The van der Waals surface area contributed by atoms with Gasteiger partial charge in [0, 0.05) is 22.3 Å². The number of rotatable bonds is 3. The highest BCUT2D eigenvalue weighted by atomic mass is 127. The van der Waals surface area contributed by atoms with Crippen LogP contribution in [0.4, 0.5) is 11.4 Å². The summed E-state index contributed by atoms with van der Waals surface area (Å²) in [5.41, 5.74) is 4.98. The second kappa shape index (κ2) is 5.59. The fourth-order valence-electron chi connectivity index (χ4n) is 2.38. The molecule has 0 bridgehead atoms. The number of benzene rings is 2. The molecule has 19 heavy (non-hydrogen) atoms. The van der Waals surface area contributed by atoms with Gasteiger partial charge in [-0.05, 0) is 58.3 Å². The molecule has 3 rings (SSSR count). The number of hydrogen-bond acceptors (Lipinski definition) is 2. The summed E-state index contributed by atoms with van der Waals surface area (Å²) in [6.45, 7) is 1.83. The topological polar surface area (TPSA) is 24.1 Å². The molecule has 98 valence electrons. The first-order chi connectivity index (χ1) is 9.24. The molecule has 4 heteroatoms. The van der Waals surface area contributed by atoms with Crippen molar-refractivity contribution < 1.29 is 0 Å². The molecule has 0 aromatic heterocycles. The summed E-state index contributed by atoms with van der Waals surface area (Å²) in [7, 11) is 0. The van der Waals surface area contributed by atoms with E-state index in [-0.39, 0.29) is 0 Å². The molecule has 2 nitrogen and oxygen atoms in total. The van der Waals surface area contributed by atoms with Gasteiger partial charge in [0.15, 0.2) is 0 Å². The van der Waals surface area contributed by atoms with Crippen molar-refractivity contribution in [1.29, 1.82) is 0 Å². The lowest BCUT2D eigenvalue weighted by Gasteiger charge is -2.12. The maximum absolute atomic E-state index is 6.23. The standard InChI is InChI=1S/C15H14ClIN2/c16-13-8-12(17)4-5-14(13)19-9-11-3-1-2-10-6-7-18-15(10)11/h1-5,8,18-19H,6-7,9H2. The summed E-state index contributed by atoms with van der Waals surface area (Å²) in [4.78, 5) is 0. The summed E-state index contributed by atoms with van der Waals surface area (Å²) < 4.78 is 1.15. The molecule has 0 amide bonds. The third kappa shape index (κ3) is 2.82. The lowest BCUT2D eigenvalue weighted by Crippen LogP contribution is -2.03. The Kier molecular flexibility index (Phi) is 3.84. The molecule has 2 aromatic rings. The molecule has 0 fully saturated rings. The largest absolute Gasteiger partial charge is 0.384 e. The van der Waals surface area contributed by atoms with Crippen LogP contribution in [0.25, 0.3) is 0 Å². The van der Waals surface area contributed by atoms with Gasteiger partial charge in [-0.15, -0.1) is 0 Å². The number of hydrogen-bond donors (Lipinski definition) is 2. The van der Waals surface area contributed by atoms with E-state index in [0.29, 0.717) is 0 Å². The van der Waals surface area contributed by atoms with E-state index in [4.69, 9.17) is 11.6 Å². The van der Waals surface area contributed by atoms with Gasteiger partial charge < -0.3 is 10.6 Å². The average molecular weight is 385 g/mol. The predicted molar refractivity (Wildman–Crippen MR) is 90.1 cm³/mol. The van der Waals surface area contributed by atoms with Crippen molar-refractivity contribution in [2.75, 3.05) is 17.2 Å². The van der Waals surface area contributed by atoms with Crippen LogP contribution < -0.4 is 10.6 Å². The Labute approximate surface area is 131 Å². The number of anilines is 2. The monoisotopic (exact) mass is 384 g/mol. The highest BCUT2D eigenvalue weighted by molar-refractivity contribution is 14.1. The van der Waals surface area contributed by atoms with Crippen LogP contribution in [0.1, 0.15) is 11.1 Å². The molecule has 0 spiro atoms. The summed E-state index contributed by atoms with van der Waals surface area (Å²) in [5, 5.41) is 7.64. The van der Waals surface area contributed by atoms with Crippen LogP contribution in [0, 0.1) is 3.57 Å². The van der Waals surface area contributed by atoms with Crippen LogP contribution in [-0.4, -0.2) is 6.54 Å². The first kappa shape index (κ1) is 13.1. The van der Waals surface area contributed by atoms with E-state index in [1.54, 1.807) is 0 Å².